The molecule has 1 aliphatic rings. The second-order valence-corrected chi connectivity index (χ2v) is 9.31. The number of ether oxygens (including phenoxy) is 1. The predicted molar refractivity (Wildman–Crippen MR) is 93.2 cm³/mol. The van der Waals surface area contributed by atoms with E-state index in [1.165, 1.54) is 28.6 Å². The lowest BCUT2D eigenvalue weighted by Crippen LogP contribution is -2.40. The van der Waals surface area contributed by atoms with Crippen molar-refractivity contribution >= 4 is 25.7 Å². The third-order valence-corrected chi connectivity index (χ3v) is 7.23. The fourth-order valence-corrected chi connectivity index (χ4v) is 5.06. The van der Waals surface area contributed by atoms with Gasteiger partial charge in [-0.15, -0.1) is 0 Å². The highest BCUT2D eigenvalue weighted by molar-refractivity contribution is 7.92. The van der Waals surface area contributed by atoms with Crippen LogP contribution in [0.5, 0.6) is 0 Å². The Hall–Kier alpha value is -2.08. The molecular weight excluding hydrogens is 402 g/mol. The Balaban J connectivity index is 1.81. The van der Waals surface area contributed by atoms with Crippen LogP contribution in [0.4, 0.5) is 14.5 Å². The Morgan fingerprint density at radius 3 is 2.15 bits per heavy atom. The van der Waals surface area contributed by atoms with E-state index in [2.05, 4.69) is 4.72 Å². The number of nitrogens with zero attached hydrogens (tertiary/aromatic N) is 1. The zero-order chi connectivity index (χ0) is 19.7. The molecule has 1 aliphatic heterocycles. The van der Waals surface area contributed by atoms with Gasteiger partial charge in [0.05, 0.1) is 18.1 Å². The maximum atomic E-state index is 13.7. The number of halogens is 2. The summed E-state index contributed by atoms with van der Waals surface area (Å²) in [5.74, 6) is -2.13. The van der Waals surface area contributed by atoms with E-state index in [0.717, 1.165) is 12.1 Å². The predicted octanol–water partition coefficient (Wildman–Crippen LogP) is 1.79. The minimum atomic E-state index is -4.30. The third-order valence-electron chi connectivity index (χ3n) is 3.90. The van der Waals surface area contributed by atoms with Gasteiger partial charge in [-0.1, -0.05) is 0 Å². The molecule has 3 rings (SSSR count). The van der Waals surface area contributed by atoms with Crippen LogP contribution >= 0.6 is 0 Å². The molecule has 0 atom stereocenters. The van der Waals surface area contributed by atoms with Crippen molar-refractivity contribution in [3.63, 3.8) is 0 Å². The monoisotopic (exact) mass is 418 g/mol. The molecule has 0 spiro atoms. The van der Waals surface area contributed by atoms with Gasteiger partial charge in [0.1, 0.15) is 16.5 Å². The standard InChI is InChI=1S/C16H16F2N2O5S2/c17-12-1-6-16(15(18)11-12)26(21,22)19-13-2-4-14(5-3-13)27(23,24)20-7-9-25-10-8-20/h1-6,11,19H,7-10H2. The van der Waals surface area contributed by atoms with Crippen molar-refractivity contribution in [2.24, 2.45) is 0 Å². The van der Waals surface area contributed by atoms with Gasteiger partial charge in [0.15, 0.2) is 0 Å². The minimum Gasteiger partial charge on any atom is -0.379 e. The molecule has 0 aromatic heterocycles. The molecule has 1 N–H and O–H groups in total. The highest BCUT2D eigenvalue weighted by atomic mass is 32.2. The Morgan fingerprint density at radius 1 is 0.926 bits per heavy atom. The Bertz CT molecular complexity index is 1030. The lowest BCUT2D eigenvalue weighted by atomic mass is 10.3. The second-order valence-electron chi connectivity index (χ2n) is 5.72. The summed E-state index contributed by atoms with van der Waals surface area (Å²) in [5, 5.41) is 0. The topological polar surface area (TPSA) is 92.8 Å². The normalized spacial score (nSPS) is 16.2. The van der Waals surface area contributed by atoms with Crippen LogP contribution in [-0.4, -0.2) is 47.4 Å². The van der Waals surface area contributed by atoms with E-state index in [-0.39, 0.29) is 23.7 Å². The van der Waals surface area contributed by atoms with Crippen molar-refractivity contribution in [2.75, 3.05) is 31.0 Å². The van der Waals surface area contributed by atoms with Gasteiger partial charge in [0, 0.05) is 24.8 Å². The summed E-state index contributed by atoms with van der Waals surface area (Å²) in [7, 11) is -8.01. The smallest absolute Gasteiger partial charge is 0.264 e. The first-order valence-corrected chi connectivity index (χ1v) is 10.8. The van der Waals surface area contributed by atoms with Crippen molar-refractivity contribution in [3.8, 4) is 0 Å². The van der Waals surface area contributed by atoms with Crippen molar-refractivity contribution in [1.82, 2.24) is 4.31 Å². The van der Waals surface area contributed by atoms with Crippen molar-refractivity contribution in [3.05, 3.63) is 54.1 Å². The molecule has 27 heavy (non-hydrogen) atoms. The zero-order valence-electron chi connectivity index (χ0n) is 13.9. The second kappa shape index (κ2) is 7.50. The molecule has 2 aromatic rings. The van der Waals surface area contributed by atoms with E-state index < -0.39 is 36.6 Å². The van der Waals surface area contributed by atoms with Crippen molar-refractivity contribution in [2.45, 2.75) is 9.79 Å². The average molecular weight is 418 g/mol. The molecule has 2 aromatic carbocycles. The fourth-order valence-electron chi connectivity index (χ4n) is 2.53. The number of hydrogen-bond donors (Lipinski definition) is 1. The third kappa shape index (κ3) is 4.26. The van der Waals surface area contributed by atoms with Gasteiger partial charge < -0.3 is 4.74 Å². The molecule has 146 valence electrons. The van der Waals surface area contributed by atoms with E-state index >= 15 is 0 Å². The number of nitrogens with one attached hydrogen (secondary N) is 1. The van der Waals surface area contributed by atoms with E-state index in [9.17, 15) is 25.6 Å². The quantitative estimate of drug-likeness (QED) is 0.799. The van der Waals surface area contributed by atoms with Gasteiger partial charge in [-0.05, 0) is 36.4 Å². The van der Waals surface area contributed by atoms with Crippen LogP contribution in [0.2, 0.25) is 0 Å². The first-order chi connectivity index (χ1) is 12.7. The molecule has 0 saturated carbocycles. The van der Waals surface area contributed by atoms with Crippen LogP contribution < -0.4 is 4.72 Å². The molecule has 1 saturated heterocycles. The van der Waals surface area contributed by atoms with E-state index in [4.69, 9.17) is 4.74 Å². The van der Waals surface area contributed by atoms with E-state index in [1.54, 1.807) is 0 Å². The van der Waals surface area contributed by atoms with Crippen LogP contribution in [0.3, 0.4) is 0 Å². The summed E-state index contributed by atoms with van der Waals surface area (Å²) < 4.78 is 84.8. The average Bonchev–Trinajstić information content (AvgIpc) is 2.62. The highest BCUT2D eigenvalue weighted by Gasteiger charge is 2.26. The summed E-state index contributed by atoms with van der Waals surface area (Å²) >= 11 is 0. The van der Waals surface area contributed by atoms with Gasteiger partial charge in [-0.3, -0.25) is 4.72 Å². The first kappa shape index (κ1) is 19.7. The number of rotatable bonds is 5. The maximum Gasteiger partial charge on any atom is 0.264 e. The number of hydrogen-bond acceptors (Lipinski definition) is 5. The Labute approximate surface area is 155 Å². The van der Waals surface area contributed by atoms with Crippen LogP contribution in [-0.2, 0) is 24.8 Å². The molecule has 11 heteroatoms. The van der Waals surface area contributed by atoms with Crippen molar-refractivity contribution < 1.29 is 30.4 Å². The highest BCUT2D eigenvalue weighted by Crippen LogP contribution is 2.23. The lowest BCUT2D eigenvalue weighted by molar-refractivity contribution is 0.0730. The van der Waals surface area contributed by atoms with Gasteiger partial charge in [-0.2, -0.15) is 4.31 Å². The van der Waals surface area contributed by atoms with Crippen LogP contribution in [0, 0.1) is 11.6 Å². The van der Waals surface area contributed by atoms with Crippen LogP contribution in [0.1, 0.15) is 0 Å². The molecule has 1 heterocycles. The summed E-state index contributed by atoms with van der Waals surface area (Å²) in [4.78, 5) is -0.714. The van der Waals surface area contributed by atoms with Crippen molar-refractivity contribution in [1.29, 1.82) is 0 Å². The van der Waals surface area contributed by atoms with Gasteiger partial charge in [0.2, 0.25) is 10.0 Å². The molecule has 0 aliphatic carbocycles. The van der Waals surface area contributed by atoms with Crippen LogP contribution in [0.25, 0.3) is 0 Å². The molecule has 0 bridgehead atoms. The molecule has 7 nitrogen and oxygen atoms in total. The zero-order valence-corrected chi connectivity index (χ0v) is 15.6. The number of benzene rings is 2. The SMILES string of the molecule is O=S(=O)(Nc1ccc(S(=O)(=O)N2CCOCC2)cc1)c1ccc(F)cc1F. The summed E-state index contributed by atoms with van der Waals surface area (Å²) in [5.41, 5.74) is 0.0413. The fraction of sp³-hybridized carbons (Fsp3) is 0.250. The summed E-state index contributed by atoms with van der Waals surface area (Å²) in [6, 6.07) is 7.12. The number of morpholine rings is 1. The van der Waals surface area contributed by atoms with Gasteiger partial charge in [0.25, 0.3) is 10.0 Å². The molecule has 0 amide bonds. The largest absolute Gasteiger partial charge is 0.379 e. The molecule has 0 radical (unpaired) electrons. The van der Waals surface area contributed by atoms with Crippen LogP contribution in [0.15, 0.2) is 52.3 Å². The molecule has 1 fully saturated rings. The van der Waals surface area contributed by atoms with Gasteiger partial charge >= 0.3 is 0 Å². The van der Waals surface area contributed by atoms with E-state index in [1.807, 2.05) is 0 Å². The first-order valence-electron chi connectivity index (χ1n) is 7.86. The maximum absolute atomic E-state index is 13.7. The lowest BCUT2D eigenvalue weighted by Gasteiger charge is -2.26. The Morgan fingerprint density at radius 2 is 1.56 bits per heavy atom. The van der Waals surface area contributed by atoms with Gasteiger partial charge in [-0.25, -0.2) is 25.6 Å². The Kier molecular flexibility index (Phi) is 5.47. The number of anilines is 1. The molecular formula is C16H16F2N2O5S2. The summed E-state index contributed by atoms with van der Waals surface area (Å²) in [6.45, 7) is 1.09. The van der Waals surface area contributed by atoms with E-state index in [0.29, 0.717) is 19.3 Å². The minimum absolute atomic E-state index is 0.000288. The summed E-state index contributed by atoms with van der Waals surface area (Å²) in [6.07, 6.45) is 0. The number of sulfonamides is 2. The molecule has 0 unspecified atom stereocenters.